The summed E-state index contributed by atoms with van der Waals surface area (Å²) in [6.45, 7) is 0.751. The van der Waals surface area contributed by atoms with Crippen LogP contribution in [-0.2, 0) is 10.2 Å². The predicted octanol–water partition coefficient (Wildman–Crippen LogP) is 4.67. The molecule has 0 saturated heterocycles. The first-order valence-corrected chi connectivity index (χ1v) is 9.25. The lowest BCUT2D eigenvalue weighted by Gasteiger charge is -2.16. The third kappa shape index (κ3) is 4.52. The quantitative estimate of drug-likeness (QED) is 0.739. The van der Waals surface area contributed by atoms with Gasteiger partial charge < -0.3 is 5.32 Å². The molecule has 2 aromatic carbocycles. The number of rotatable bonds is 7. The molecular formula is C19H20ClNOS. The van der Waals surface area contributed by atoms with Crippen LogP contribution in [-0.4, -0.2) is 18.2 Å². The highest BCUT2D eigenvalue weighted by Crippen LogP contribution is 2.47. The zero-order valence-electron chi connectivity index (χ0n) is 12.9. The number of carbonyl (C=O) groups excluding carboxylic acids is 1. The van der Waals surface area contributed by atoms with Gasteiger partial charge in [-0.15, -0.1) is 11.8 Å². The summed E-state index contributed by atoms with van der Waals surface area (Å²) in [4.78, 5) is 13.2. The van der Waals surface area contributed by atoms with Gasteiger partial charge in [-0.2, -0.15) is 0 Å². The third-order valence-corrected chi connectivity index (χ3v) is 5.54. The van der Waals surface area contributed by atoms with Crippen molar-refractivity contribution in [2.45, 2.75) is 29.6 Å². The first kappa shape index (κ1) is 16.4. The molecule has 1 amide bonds. The maximum absolute atomic E-state index is 12.0. The van der Waals surface area contributed by atoms with Gasteiger partial charge >= 0.3 is 0 Å². The second-order valence-corrected chi connectivity index (χ2v) is 7.58. The van der Waals surface area contributed by atoms with E-state index in [1.807, 2.05) is 30.3 Å². The van der Waals surface area contributed by atoms with Gasteiger partial charge in [-0.1, -0.05) is 41.9 Å². The smallest absolute Gasteiger partial charge is 0.220 e. The first-order valence-electron chi connectivity index (χ1n) is 7.89. The molecule has 2 nitrogen and oxygen atoms in total. The van der Waals surface area contributed by atoms with Crippen LogP contribution in [0.1, 0.15) is 24.8 Å². The largest absolute Gasteiger partial charge is 0.355 e. The van der Waals surface area contributed by atoms with Gasteiger partial charge in [-0.05, 0) is 42.7 Å². The number of thioether (sulfide) groups is 1. The van der Waals surface area contributed by atoms with E-state index in [1.165, 1.54) is 5.56 Å². The lowest BCUT2D eigenvalue weighted by Crippen LogP contribution is -2.32. The zero-order valence-corrected chi connectivity index (χ0v) is 14.5. The maximum atomic E-state index is 12.0. The standard InChI is InChI=1S/C19H20ClNOS/c20-16-6-8-17(9-7-16)23-13-10-18(22)21-14-19(11-12-19)15-4-2-1-3-5-15/h1-9H,10-14H2,(H,21,22). The van der Waals surface area contributed by atoms with Crippen molar-refractivity contribution in [1.82, 2.24) is 5.32 Å². The molecule has 120 valence electrons. The van der Waals surface area contributed by atoms with Crippen LogP contribution in [0.25, 0.3) is 0 Å². The van der Waals surface area contributed by atoms with E-state index in [1.54, 1.807) is 11.8 Å². The Morgan fingerprint density at radius 2 is 1.78 bits per heavy atom. The third-order valence-electron chi connectivity index (χ3n) is 4.28. The summed E-state index contributed by atoms with van der Waals surface area (Å²) in [7, 11) is 0. The molecule has 1 aliphatic carbocycles. The summed E-state index contributed by atoms with van der Waals surface area (Å²) in [6.07, 6.45) is 2.87. The van der Waals surface area contributed by atoms with Crippen LogP contribution in [0, 0.1) is 0 Å². The molecule has 0 bridgehead atoms. The summed E-state index contributed by atoms with van der Waals surface area (Å²) in [5.41, 5.74) is 1.52. The van der Waals surface area contributed by atoms with E-state index < -0.39 is 0 Å². The minimum atomic E-state index is 0.133. The molecule has 2 aromatic rings. The van der Waals surface area contributed by atoms with Crippen molar-refractivity contribution < 1.29 is 4.79 Å². The highest BCUT2D eigenvalue weighted by Gasteiger charge is 2.44. The van der Waals surface area contributed by atoms with Gasteiger partial charge in [0, 0.05) is 34.1 Å². The van der Waals surface area contributed by atoms with Crippen LogP contribution in [0.3, 0.4) is 0 Å². The average Bonchev–Trinajstić information content (AvgIpc) is 3.37. The molecule has 1 aliphatic rings. The van der Waals surface area contributed by atoms with Crippen molar-refractivity contribution in [3.8, 4) is 0 Å². The van der Waals surface area contributed by atoms with Crippen LogP contribution >= 0.6 is 23.4 Å². The summed E-state index contributed by atoms with van der Waals surface area (Å²) in [5.74, 6) is 0.917. The van der Waals surface area contributed by atoms with Crippen LogP contribution in [0.4, 0.5) is 0 Å². The normalized spacial score (nSPS) is 15.2. The topological polar surface area (TPSA) is 29.1 Å². The van der Waals surface area contributed by atoms with E-state index in [0.717, 1.165) is 35.1 Å². The molecule has 0 unspecified atom stereocenters. The second-order valence-electron chi connectivity index (χ2n) is 5.98. The Bertz CT molecular complexity index is 653. The molecule has 0 radical (unpaired) electrons. The van der Waals surface area contributed by atoms with E-state index in [9.17, 15) is 4.79 Å². The summed E-state index contributed by atoms with van der Waals surface area (Å²) in [6, 6.07) is 18.2. The van der Waals surface area contributed by atoms with Gasteiger partial charge in [0.2, 0.25) is 5.91 Å². The van der Waals surface area contributed by atoms with Crippen molar-refractivity contribution >= 4 is 29.3 Å². The van der Waals surface area contributed by atoms with Crippen molar-refractivity contribution in [3.63, 3.8) is 0 Å². The number of carbonyl (C=O) groups is 1. The number of hydrogen-bond acceptors (Lipinski definition) is 2. The SMILES string of the molecule is O=C(CCSc1ccc(Cl)cc1)NCC1(c2ccccc2)CC1. The number of nitrogens with one attached hydrogen (secondary N) is 1. The highest BCUT2D eigenvalue weighted by atomic mass is 35.5. The molecule has 0 aromatic heterocycles. The lowest BCUT2D eigenvalue weighted by molar-refractivity contribution is -0.120. The lowest BCUT2D eigenvalue weighted by atomic mass is 9.96. The van der Waals surface area contributed by atoms with Gasteiger partial charge in [0.25, 0.3) is 0 Å². The van der Waals surface area contributed by atoms with Crippen molar-refractivity contribution in [2.24, 2.45) is 0 Å². The van der Waals surface area contributed by atoms with Gasteiger partial charge in [-0.25, -0.2) is 0 Å². The van der Waals surface area contributed by atoms with Crippen LogP contribution in [0.15, 0.2) is 59.5 Å². The highest BCUT2D eigenvalue weighted by molar-refractivity contribution is 7.99. The Kier molecular flexibility index (Phi) is 5.29. The fourth-order valence-corrected chi connectivity index (χ4v) is 3.64. The molecule has 0 heterocycles. The molecule has 1 fully saturated rings. The van der Waals surface area contributed by atoms with Crippen LogP contribution < -0.4 is 5.32 Å². The Hall–Kier alpha value is -1.45. The van der Waals surface area contributed by atoms with Crippen molar-refractivity contribution in [2.75, 3.05) is 12.3 Å². The molecule has 0 spiro atoms. The van der Waals surface area contributed by atoms with E-state index in [2.05, 4.69) is 29.6 Å². The van der Waals surface area contributed by atoms with Gasteiger partial charge in [-0.3, -0.25) is 4.79 Å². The minimum absolute atomic E-state index is 0.133. The average molecular weight is 346 g/mol. The second kappa shape index (κ2) is 7.41. The summed E-state index contributed by atoms with van der Waals surface area (Å²) >= 11 is 7.55. The molecule has 1 saturated carbocycles. The molecule has 23 heavy (non-hydrogen) atoms. The van der Waals surface area contributed by atoms with E-state index in [4.69, 9.17) is 11.6 Å². The van der Waals surface area contributed by atoms with Crippen LogP contribution in [0.5, 0.6) is 0 Å². The molecule has 3 rings (SSSR count). The Morgan fingerprint density at radius 3 is 2.43 bits per heavy atom. The molecule has 0 atom stereocenters. The molecule has 4 heteroatoms. The van der Waals surface area contributed by atoms with E-state index in [0.29, 0.717) is 6.42 Å². The Morgan fingerprint density at radius 1 is 1.09 bits per heavy atom. The summed E-state index contributed by atoms with van der Waals surface area (Å²) < 4.78 is 0. The fraction of sp³-hybridized carbons (Fsp3) is 0.316. The van der Waals surface area contributed by atoms with Crippen molar-refractivity contribution in [1.29, 1.82) is 0 Å². The Labute approximate surface area is 146 Å². The molecule has 0 aliphatic heterocycles. The zero-order chi connectivity index (χ0) is 16.1. The number of benzene rings is 2. The summed E-state index contributed by atoms with van der Waals surface area (Å²) in [5, 5.41) is 3.84. The van der Waals surface area contributed by atoms with Crippen molar-refractivity contribution in [3.05, 3.63) is 65.2 Å². The monoisotopic (exact) mass is 345 g/mol. The van der Waals surface area contributed by atoms with E-state index >= 15 is 0 Å². The minimum Gasteiger partial charge on any atom is -0.355 e. The number of amides is 1. The number of halogens is 1. The molecule has 1 N–H and O–H groups in total. The first-order chi connectivity index (χ1) is 11.2. The maximum Gasteiger partial charge on any atom is 0.220 e. The molecular weight excluding hydrogens is 326 g/mol. The van der Waals surface area contributed by atoms with Gasteiger partial charge in [0.1, 0.15) is 0 Å². The van der Waals surface area contributed by atoms with Gasteiger partial charge in [0.05, 0.1) is 0 Å². The van der Waals surface area contributed by atoms with Crippen LogP contribution in [0.2, 0.25) is 5.02 Å². The number of hydrogen-bond donors (Lipinski definition) is 1. The fourth-order valence-electron chi connectivity index (χ4n) is 2.66. The van der Waals surface area contributed by atoms with E-state index in [-0.39, 0.29) is 11.3 Å². The predicted molar refractivity (Wildman–Crippen MR) is 97.2 cm³/mol. The van der Waals surface area contributed by atoms with Gasteiger partial charge in [0.15, 0.2) is 0 Å². The Balaban J connectivity index is 1.41.